The van der Waals surface area contributed by atoms with E-state index in [9.17, 15) is 8.42 Å². The van der Waals surface area contributed by atoms with E-state index in [0.717, 1.165) is 24.8 Å². The largest absolute Gasteiger partial charge is 0.374 e. The number of sulfone groups is 1. The van der Waals surface area contributed by atoms with E-state index in [2.05, 4.69) is 0 Å². The standard InChI is InChI=1S/C19H28O3S/c1-15-10-12-18(13-11-15)23(20,21)14-17-8-5-9-19(22-17)16-6-3-2-4-7-16/h10-13,16-17,19H,2-9,14H2,1H3/t17-,19+/m0/s1. The first-order chi connectivity index (χ1) is 11.0. The van der Waals surface area contributed by atoms with Crippen LogP contribution in [0.3, 0.4) is 0 Å². The highest BCUT2D eigenvalue weighted by Gasteiger charge is 2.32. The Morgan fingerprint density at radius 1 is 0.957 bits per heavy atom. The average Bonchev–Trinajstić information content (AvgIpc) is 2.56. The molecule has 1 saturated heterocycles. The Labute approximate surface area is 140 Å². The summed E-state index contributed by atoms with van der Waals surface area (Å²) in [6.45, 7) is 1.97. The fraction of sp³-hybridized carbons (Fsp3) is 0.684. The van der Waals surface area contributed by atoms with Crippen molar-refractivity contribution in [1.82, 2.24) is 0 Å². The second-order valence-corrected chi connectivity index (χ2v) is 9.25. The zero-order valence-electron chi connectivity index (χ0n) is 14.0. The van der Waals surface area contributed by atoms with Crippen LogP contribution in [-0.2, 0) is 14.6 Å². The zero-order chi connectivity index (χ0) is 16.3. The summed E-state index contributed by atoms with van der Waals surface area (Å²) in [6, 6.07) is 7.15. The summed E-state index contributed by atoms with van der Waals surface area (Å²) >= 11 is 0. The molecular formula is C19H28O3S. The summed E-state index contributed by atoms with van der Waals surface area (Å²) in [5, 5.41) is 0. The summed E-state index contributed by atoms with van der Waals surface area (Å²) in [6.07, 6.45) is 9.66. The molecule has 2 fully saturated rings. The van der Waals surface area contributed by atoms with Crippen LogP contribution in [0.2, 0.25) is 0 Å². The summed E-state index contributed by atoms with van der Waals surface area (Å²) in [7, 11) is -3.26. The smallest absolute Gasteiger partial charge is 0.180 e. The van der Waals surface area contributed by atoms with Crippen molar-refractivity contribution in [3.63, 3.8) is 0 Å². The number of benzene rings is 1. The van der Waals surface area contributed by atoms with E-state index < -0.39 is 9.84 Å². The Morgan fingerprint density at radius 3 is 2.35 bits per heavy atom. The van der Waals surface area contributed by atoms with Crippen molar-refractivity contribution in [2.24, 2.45) is 5.92 Å². The Balaban J connectivity index is 1.63. The van der Waals surface area contributed by atoms with Gasteiger partial charge in [-0.1, -0.05) is 37.0 Å². The van der Waals surface area contributed by atoms with Crippen LogP contribution in [-0.4, -0.2) is 26.4 Å². The van der Waals surface area contributed by atoms with Crippen LogP contribution >= 0.6 is 0 Å². The van der Waals surface area contributed by atoms with Crippen LogP contribution in [0, 0.1) is 12.8 Å². The molecule has 1 aromatic rings. The van der Waals surface area contributed by atoms with Crippen LogP contribution in [0.15, 0.2) is 29.2 Å². The highest BCUT2D eigenvalue weighted by atomic mass is 32.2. The Bertz CT molecular complexity index is 600. The lowest BCUT2D eigenvalue weighted by Crippen LogP contribution is -2.37. The van der Waals surface area contributed by atoms with Crippen molar-refractivity contribution < 1.29 is 13.2 Å². The third-order valence-electron chi connectivity index (χ3n) is 5.34. The zero-order valence-corrected chi connectivity index (χ0v) is 14.9. The normalized spacial score (nSPS) is 27.0. The van der Waals surface area contributed by atoms with Gasteiger partial charge in [0.2, 0.25) is 0 Å². The van der Waals surface area contributed by atoms with Gasteiger partial charge in [0, 0.05) is 0 Å². The fourth-order valence-electron chi connectivity index (χ4n) is 3.99. The van der Waals surface area contributed by atoms with Crippen molar-refractivity contribution in [3.8, 4) is 0 Å². The number of ether oxygens (including phenoxy) is 1. The van der Waals surface area contributed by atoms with E-state index in [4.69, 9.17) is 4.74 Å². The molecular weight excluding hydrogens is 308 g/mol. The third kappa shape index (κ3) is 4.36. The van der Waals surface area contributed by atoms with E-state index in [1.54, 1.807) is 12.1 Å². The first kappa shape index (κ1) is 17.0. The molecule has 2 aliphatic rings. The second kappa shape index (κ2) is 7.35. The van der Waals surface area contributed by atoms with Gasteiger partial charge >= 0.3 is 0 Å². The molecule has 128 valence electrons. The minimum atomic E-state index is -3.26. The van der Waals surface area contributed by atoms with E-state index >= 15 is 0 Å². The lowest BCUT2D eigenvalue weighted by molar-refractivity contribution is -0.0740. The average molecular weight is 336 g/mol. The lowest BCUT2D eigenvalue weighted by Gasteiger charge is -2.36. The van der Waals surface area contributed by atoms with Gasteiger partial charge in [0.05, 0.1) is 22.9 Å². The molecule has 1 aliphatic carbocycles. The topological polar surface area (TPSA) is 43.4 Å². The molecule has 0 amide bonds. The van der Waals surface area contributed by atoms with Crippen LogP contribution in [0.1, 0.15) is 56.9 Å². The van der Waals surface area contributed by atoms with Crippen molar-refractivity contribution in [1.29, 1.82) is 0 Å². The Morgan fingerprint density at radius 2 is 1.65 bits per heavy atom. The summed E-state index contributed by atoms with van der Waals surface area (Å²) < 4.78 is 31.5. The number of hydrogen-bond acceptors (Lipinski definition) is 3. The highest BCUT2D eigenvalue weighted by Crippen LogP contribution is 2.34. The van der Waals surface area contributed by atoms with Crippen molar-refractivity contribution in [3.05, 3.63) is 29.8 Å². The van der Waals surface area contributed by atoms with E-state index in [1.165, 1.54) is 32.1 Å². The van der Waals surface area contributed by atoms with Gasteiger partial charge < -0.3 is 4.74 Å². The number of aryl methyl sites for hydroxylation is 1. The summed E-state index contributed by atoms with van der Waals surface area (Å²) in [5.74, 6) is 0.771. The maximum absolute atomic E-state index is 12.6. The summed E-state index contributed by atoms with van der Waals surface area (Å²) in [5.41, 5.74) is 1.08. The number of hydrogen-bond donors (Lipinski definition) is 0. The molecule has 0 bridgehead atoms. The van der Waals surface area contributed by atoms with E-state index in [-0.39, 0.29) is 18.0 Å². The van der Waals surface area contributed by atoms with Crippen LogP contribution < -0.4 is 0 Å². The first-order valence-corrected chi connectivity index (χ1v) is 10.6. The Hall–Kier alpha value is -0.870. The van der Waals surface area contributed by atoms with Gasteiger partial charge in [0.1, 0.15) is 0 Å². The molecule has 3 nitrogen and oxygen atoms in total. The SMILES string of the molecule is Cc1ccc(S(=O)(=O)C[C@@H]2CCC[C@H](C3CCCCC3)O2)cc1. The number of rotatable bonds is 4. The van der Waals surface area contributed by atoms with E-state index in [0.29, 0.717) is 10.8 Å². The lowest BCUT2D eigenvalue weighted by atomic mass is 9.82. The molecule has 0 spiro atoms. The quantitative estimate of drug-likeness (QED) is 0.824. The monoisotopic (exact) mass is 336 g/mol. The molecule has 1 aliphatic heterocycles. The van der Waals surface area contributed by atoms with Crippen molar-refractivity contribution >= 4 is 9.84 Å². The van der Waals surface area contributed by atoms with Gasteiger partial charge in [-0.15, -0.1) is 0 Å². The molecule has 0 N–H and O–H groups in total. The van der Waals surface area contributed by atoms with Crippen molar-refractivity contribution in [2.45, 2.75) is 75.4 Å². The molecule has 1 aromatic carbocycles. The predicted octanol–water partition coefficient (Wildman–Crippen LogP) is 4.29. The predicted molar refractivity (Wildman–Crippen MR) is 92.3 cm³/mol. The van der Waals surface area contributed by atoms with Crippen molar-refractivity contribution in [2.75, 3.05) is 5.75 Å². The maximum Gasteiger partial charge on any atom is 0.180 e. The molecule has 1 heterocycles. The van der Waals surface area contributed by atoms with Crippen LogP contribution in [0.25, 0.3) is 0 Å². The molecule has 0 radical (unpaired) electrons. The highest BCUT2D eigenvalue weighted by molar-refractivity contribution is 7.91. The van der Waals surface area contributed by atoms with E-state index in [1.807, 2.05) is 19.1 Å². The molecule has 0 aromatic heterocycles. The molecule has 23 heavy (non-hydrogen) atoms. The summed E-state index contributed by atoms with van der Waals surface area (Å²) in [4.78, 5) is 0.423. The molecule has 1 saturated carbocycles. The Kier molecular flexibility index (Phi) is 5.42. The van der Waals surface area contributed by atoms with Gasteiger partial charge in [0.15, 0.2) is 9.84 Å². The molecule has 0 unspecified atom stereocenters. The first-order valence-electron chi connectivity index (χ1n) is 8.99. The molecule has 4 heteroatoms. The second-order valence-electron chi connectivity index (χ2n) is 7.22. The van der Waals surface area contributed by atoms with Gasteiger partial charge in [0.25, 0.3) is 0 Å². The van der Waals surface area contributed by atoms with Gasteiger partial charge in [-0.3, -0.25) is 0 Å². The minimum absolute atomic E-state index is 0.124. The van der Waals surface area contributed by atoms with Gasteiger partial charge in [-0.25, -0.2) is 8.42 Å². The van der Waals surface area contributed by atoms with Crippen LogP contribution in [0.4, 0.5) is 0 Å². The maximum atomic E-state index is 12.6. The minimum Gasteiger partial charge on any atom is -0.374 e. The fourth-order valence-corrected chi connectivity index (χ4v) is 5.47. The third-order valence-corrected chi connectivity index (χ3v) is 7.14. The molecule has 2 atom stereocenters. The molecule has 3 rings (SSSR count). The van der Waals surface area contributed by atoms with Crippen LogP contribution in [0.5, 0.6) is 0 Å². The van der Waals surface area contributed by atoms with Gasteiger partial charge in [-0.2, -0.15) is 0 Å². The van der Waals surface area contributed by atoms with Gasteiger partial charge in [-0.05, 0) is 57.1 Å².